The molecule has 0 amide bonds. The molecule has 0 saturated carbocycles. The second kappa shape index (κ2) is 5.16. The summed E-state index contributed by atoms with van der Waals surface area (Å²) in [6.45, 7) is 11.1. The van der Waals surface area contributed by atoms with Gasteiger partial charge in [-0.25, -0.2) is 0 Å². The van der Waals surface area contributed by atoms with E-state index in [9.17, 15) is 0 Å². The largest absolute Gasteiger partial charge is 0.298 e. The Morgan fingerprint density at radius 3 is 2.62 bits per heavy atom. The van der Waals surface area contributed by atoms with Gasteiger partial charge in [0.2, 0.25) is 0 Å². The van der Waals surface area contributed by atoms with Crippen LogP contribution in [0, 0.1) is 11.3 Å². The van der Waals surface area contributed by atoms with Crippen molar-refractivity contribution in [2.24, 2.45) is 0 Å². The van der Waals surface area contributed by atoms with E-state index in [0.29, 0.717) is 18.5 Å². The van der Waals surface area contributed by atoms with Gasteiger partial charge in [0.15, 0.2) is 0 Å². The van der Waals surface area contributed by atoms with E-state index < -0.39 is 0 Å². The lowest BCUT2D eigenvalue weighted by Crippen LogP contribution is -2.63. The maximum atomic E-state index is 8.91. The molecule has 1 rings (SSSR count). The second-order valence-corrected chi connectivity index (χ2v) is 5.64. The van der Waals surface area contributed by atoms with Gasteiger partial charge in [-0.05, 0) is 34.2 Å². The van der Waals surface area contributed by atoms with Crippen molar-refractivity contribution in [2.75, 3.05) is 20.1 Å². The molecule has 0 bridgehead atoms. The van der Waals surface area contributed by atoms with E-state index in [1.165, 1.54) is 0 Å². The fraction of sp³-hybridized carbons (Fsp3) is 0.923. The molecule has 1 heterocycles. The van der Waals surface area contributed by atoms with Gasteiger partial charge < -0.3 is 0 Å². The summed E-state index contributed by atoms with van der Waals surface area (Å²) in [6.07, 6.45) is 1.80. The molecule has 0 radical (unpaired) electrons. The van der Waals surface area contributed by atoms with Gasteiger partial charge in [-0.2, -0.15) is 5.26 Å². The molecule has 3 nitrogen and oxygen atoms in total. The third-order valence-corrected chi connectivity index (χ3v) is 4.04. The summed E-state index contributed by atoms with van der Waals surface area (Å²) in [5.41, 5.74) is 0.218. The van der Waals surface area contributed by atoms with Crippen LogP contribution < -0.4 is 0 Å². The molecule has 2 unspecified atom stereocenters. The first kappa shape index (κ1) is 13.5. The minimum Gasteiger partial charge on any atom is -0.298 e. The van der Waals surface area contributed by atoms with Crippen molar-refractivity contribution in [1.82, 2.24) is 9.80 Å². The molecule has 92 valence electrons. The lowest BCUT2D eigenvalue weighted by atomic mass is 9.93. The molecule has 0 aromatic rings. The molecule has 1 fully saturated rings. The highest BCUT2D eigenvalue weighted by atomic mass is 15.3. The van der Waals surface area contributed by atoms with Crippen LogP contribution in [0.3, 0.4) is 0 Å². The third kappa shape index (κ3) is 2.75. The zero-order valence-electron chi connectivity index (χ0n) is 11.3. The van der Waals surface area contributed by atoms with Crippen LogP contribution >= 0.6 is 0 Å². The van der Waals surface area contributed by atoms with Gasteiger partial charge in [-0.3, -0.25) is 9.80 Å². The Morgan fingerprint density at radius 1 is 1.50 bits per heavy atom. The van der Waals surface area contributed by atoms with E-state index in [1.807, 2.05) is 0 Å². The molecule has 2 atom stereocenters. The summed E-state index contributed by atoms with van der Waals surface area (Å²) in [5, 5.41) is 8.91. The van der Waals surface area contributed by atoms with Crippen LogP contribution in [-0.2, 0) is 0 Å². The van der Waals surface area contributed by atoms with E-state index in [-0.39, 0.29) is 5.54 Å². The summed E-state index contributed by atoms with van der Waals surface area (Å²) in [4.78, 5) is 4.90. The molecular formula is C13H25N3. The number of hydrogen-bond acceptors (Lipinski definition) is 3. The summed E-state index contributed by atoms with van der Waals surface area (Å²) in [5.74, 6) is 0. The standard InChI is InChI=1S/C13H25N3/c1-6-11(2)16-10-13(3,4)15(5)9-12(16)7-8-14/h11-12H,6-7,9-10H2,1-5H3. The monoisotopic (exact) mass is 223 g/mol. The molecule has 0 aromatic heterocycles. The first-order valence-electron chi connectivity index (χ1n) is 6.26. The number of nitrogens with zero attached hydrogens (tertiary/aromatic N) is 3. The number of likely N-dealkylation sites (N-methyl/N-ethyl adjacent to an activating group) is 1. The molecule has 3 heteroatoms. The van der Waals surface area contributed by atoms with E-state index in [1.54, 1.807) is 0 Å². The van der Waals surface area contributed by atoms with Gasteiger partial charge in [-0.1, -0.05) is 6.92 Å². The topological polar surface area (TPSA) is 30.3 Å². The van der Waals surface area contributed by atoms with Crippen molar-refractivity contribution < 1.29 is 0 Å². The first-order chi connectivity index (χ1) is 7.42. The quantitative estimate of drug-likeness (QED) is 0.734. The number of piperazine rings is 1. The highest BCUT2D eigenvalue weighted by Gasteiger charge is 2.38. The van der Waals surface area contributed by atoms with Crippen LogP contribution in [0.4, 0.5) is 0 Å². The van der Waals surface area contributed by atoms with Crippen molar-refractivity contribution in [3.8, 4) is 6.07 Å². The van der Waals surface area contributed by atoms with Crippen molar-refractivity contribution in [1.29, 1.82) is 5.26 Å². The minimum absolute atomic E-state index is 0.218. The number of rotatable bonds is 3. The van der Waals surface area contributed by atoms with Gasteiger partial charge in [-0.15, -0.1) is 0 Å². The third-order valence-electron chi connectivity index (χ3n) is 4.04. The van der Waals surface area contributed by atoms with Crippen molar-refractivity contribution in [3.05, 3.63) is 0 Å². The number of nitriles is 1. The van der Waals surface area contributed by atoms with Crippen LogP contribution in [0.25, 0.3) is 0 Å². The van der Waals surface area contributed by atoms with Gasteiger partial charge >= 0.3 is 0 Å². The van der Waals surface area contributed by atoms with E-state index in [4.69, 9.17) is 5.26 Å². The molecule has 0 N–H and O–H groups in total. The highest BCUT2D eigenvalue weighted by Crippen LogP contribution is 2.26. The Bertz CT molecular complexity index is 267. The lowest BCUT2D eigenvalue weighted by Gasteiger charge is -2.51. The number of hydrogen-bond donors (Lipinski definition) is 0. The van der Waals surface area contributed by atoms with Crippen LogP contribution in [0.1, 0.15) is 40.5 Å². The van der Waals surface area contributed by atoms with Crippen LogP contribution in [0.5, 0.6) is 0 Å². The van der Waals surface area contributed by atoms with Gasteiger partial charge in [0.25, 0.3) is 0 Å². The fourth-order valence-electron chi connectivity index (χ4n) is 2.40. The van der Waals surface area contributed by atoms with E-state index in [2.05, 4.69) is 50.6 Å². The highest BCUT2D eigenvalue weighted by molar-refractivity contribution is 4.97. The van der Waals surface area contributed by atoms with Crippen molar-refractivity contribution >= 4 is 0 Å². The van der Waals surface area contributed by atoms with E-state index >= 15 is 0 Å². The minimum atomic E-state index is 0.218. The van der Waals surface area contributed by atoms with Crippen molar-refractivity contribution in [2.45, 2.75) is 58.2 Å². The summed E-state index contributed by atoms with van der Waals surface area (Å²) >= 11 is 0. The molecule has 0 spiro atoms. The molecular weight excluding hydrogens is 198 g/mol. The van der Waals surface area contributed by atoms with Crippen molar-refractivity contribution in [3.63, 3.8) is 0 Å². The molecule has 16 heavy (non-hydrogen) atoms. The fourth-order valence-corrected chi connectivity index (χ4v) is 2.40. The Labute approximate surface area is 100 Å². The average molecular weight is 223 g/mol. The summed E-state index contributed by atoms with van der Waals surface area (Å²) in [7, 11) is 2.17. The van der Waals surface area contributed by atoms with E-state index in [0.717, 1.165) is 19.5 Å². The zero-order chi connectivity index (χ0) is 12.3. The van der Waals surface area contributed by atoms with Crippen LogP contribution in [-0.4, -0.2) is 47.6 Å². The van der Waals surface area contributed by atoms with Gasteiger partial charge in [0.1, 0.15) is 0 Å². The zero-order valence-corrected chi connectivity index (χ0v) is 11.3. The summed E-state index contributed by atoms with van der Waals surface area (Å²) < 4.78 is 0. The Balaban J connectivity index is 2.80. The lowest BCUT2D eigenvalue weighted by molar-refractivity contribution is -0.0201. The average Bonchev–Trinajstić information content (AvgIpc) is 2.22. The molecule has 0 aliphatic carbocycles. The smallest absolute Gasteiger partial charge is 0.0638 e. The van der Waals surface area contributed by atoms with Crippen LogP contribution in [0.2, 0.25) is 0 Å². The molecule has 1 aliphatic rings. The Kier molecular flexibility index (Phi) is 4.35. The second-order valence-electron chi connectivity index (χ2n) is 5.64. The predicted octanol–water partition coefficient (Wildman–Crippen LogP) is 2.09. The maximum absolute atomic E-state index is 8.91. The Hall–Kier alpha value is -0.590. The summed E-state index contributed by atoms with van der Waals surface area (Å²) in [6, 6.07) is 3.30. The first-order valence-corrected chi connectivity index (χ1v) is 6.26. The Morgan fingerprint density at radius 2 is 2.12 bits per heavy atom. The SMILES string of the molecule is CCC(C)N1CC(C)(C)N(C)CC1CC#N. The molecule has 0 aromatic carbocycles. The van der Waals surface area contributed by atoms with Gasteiger partial charge in [0.05, 0.1) is 12.5 Å². The predicted molar refractivity (Wildman–Crippen MR) is 67.2 cm³/mol. The molecule has 1 saturated heterocycles. The van der Waals surface area contributed by atoms with Gasteiger partial charge in [0, 0.05) is 30.7 Å². The van der Waals surface area contributed by atoms with Crippen LogP contribution in [0.15, 0.2) is 0 Å². The maximum Gasteiger partial charge on any atom is 0.0638 e. The molecule has 1 aliphatic heterocycles. The normalized spacial score (nSPS) is 28.6.